The highest BCUT2D eigenvalue weighted by Gasteiger charge is 2.47. The molecule has 148 valence electrons. The third-order valence-electron chi connectivity index (χ3n) is 4.83. The average molecular weight is 394 g/mol. The lowest BCUT2D eigenvalue weighted by atomic mass is 9.94. The van der Waals surface area contributed by atoms with Gasteiger partial charge in [0, 0.05) is 11.6 Å². The minimum Gasteiger partial charge on any atom is -0.354 e. The van der Waals surface area contributed by atoms with E-state index in [0.717, 1.165) is 36.1 Å². The fraction of sp³-hybridized carbons (Fsp3) is 0.550. The summed E-state index contributed by atoms with van der Waals surface area (Å²) in [4.78, 5) is 37.9. The van der Waals surface area contributed by atoms with Crippen LogP contribution in [-0.2, 0) is 16.0 Å². The van der Waals surface area contributed by atoms with Crippen LogP contribution >= 0.6 is 11.6 Å². The maximum Gasteiger partial charge on any atom is 0.325 e. The molecule has 0 radical (unpaired) electrons. The molecule has 6 nitrogen and oxygen atoms in total. The van der Waals surface area contributed by atoms with Crippen LogP contribution in [-0.4, -0.2) is 41.4 Å². The lowest BCUT2D eigenvalue weighted by Gasteiger charge is -2.21. The monoisotopic (exact) mass is 393 g/mol. The summed E-state index contributed by atoms with van der Waals surface area (Å²) in [6, 6.07) is 6.90. The summed E-state index contributed by atoms with van der Waals surface area (Å²) in [7, 11) is 0. The van der Waals surface area contributed by atoms with Crippen LogP contribution in [0.5, 0.6) is 0 Å². The summed E-state index contributed by atoms with van der Waals surface area (Å²) in [5.41, 5.74) is 0.142. The number of halogens is 1. The minimum absolute atomic E-state index is 0.254. The normalized spacial score (nSPS) is 19.3. The van der Waals surface area contributed by atoms with Gasteiger partial charge in [0.25, 0.3) is 5.91 Å². The van der Waals surface area contributed by atoms with Crippen LogP contribution in [0.3, 0.4) is 0 Å². The number of unbranched alkanes of at least 4 members (excludes halogenated alkanes) is 3. The third-order valence-corrected chi connectivity index (χ3v) is 5.08. The fourth-order valence-electron chi connectivity index (χ4n) is 3.16. The molecule has 1 aliphatic rings. The van der Waals surface area contributed by atoms with Crippen molar-refractivity contribution < 1.29 is 14.4 Å². The number of benzene rings is 1. The SMILES string of the molecule is CCCCCCC1(C)NC(=O)N(CC(=O)NCCc2ccc(Cl)cc2)C1=O. The van der Waals surface area contributed by atoms with E-state index in [0.29, 0.717) is 24.4 Å². The van der Waals surface area contributed by atoms with Crippen molar-refractivity contribution in [1.82, 2.24) is 15.5 Å². The van der Waals surface area contributed by atoms with Crippen LogP contribution in [0.15, 0.2) is 24.3 Å². The number of nitrogens with zero attached hydrogens (tertiary/aromatic N) is 1. The molecule has 1 aliphatic heterocycles. The van der Waals surface area contributed by atoms with Gasteiger partial charge in [-0.05, 0) is 37.5 Å². The Hall–Kier alpha value is -2.08. The van der Waals surface area contributed by atoms with E-state index >= 15 is 0 Å². The molecule has 0 aromatic heterocycles. The Balaban J connectivity index is 1.79. The predicted octanol–water partition coefficient (Wildman–Crippen LogP) is 3.28. The Kier molecular flexibility index (Phi) is 7.66. The van der Waals surface area contributed by atoms with Crippen LogP contribution in [0, 0.1) is 0 Å². The highest BCUT2D eigenvalue weighted by Crippen LogP contribution is 2.23. The van der Waals surface area contributed by atoms with Crippen molar-refractivity contribution in [2.45, 2.75) is 57.9 Å². The summed E-state index contributed by atoms with van der Waals surface area (Å²) in [6.07, 6.45) is 5.36. The summed E-state index contributed by atoms with van der Waals surface area (Å²) < 4.78 is 0. The van der Waals surface area contributed by atoms with Crippen molar-refractivity contribution in [3.05, 3.63) is 34.9 Å². The molecular weight excluding hydrogens is 366 g/mol. The number of hydrogen-bond acceptors (Lipinski definition) is 3. The number of carbonyl (C=O) groups is 3. The van der Waals surface area contributed by atoms with E-state index in [9.17, 15) is 14.4 Å². The third kappa shape index (κ3) is 5.96. The van der Waals surface area contributed by atoms with Crippen LogP contribution in [0.1, 0.15) is 51.5 Å². The van der Waals surface area contributed by atoms with Crippen molar-refractivity contribution in [3.8, 4) is 0 Å². The van der Waals surface area contributed by atoms with Crippen molar-refractivity contribution in [2.24, 2.45) is 0 Å². The highest BCUT2D eigenvalue weighted by molar-refractivity contribution is 6.30. The number of amides is 4. The van der Waals surface area contributed by atoms with E-state index in [1.165, 1.54) is 0 Å². The molecule has 4 amide bonds. The largest absolute Gasteiger partial charge is 0.354 e. The Labute approximate surface area is 165 Å². The second kappa shape index (κ2) is 9.74. The smallest absolute Gasteiger partial charge is 0.325 e. The summed E-state index contributed by atoms with van der Waals surface area (Å²) in [5.74, 6) is -0.667. The van der Waals surface area contributed by atoms with E-state index in [-0.39, 0.29) is 18.4 Å². The predicted molar refractivity (Wildman–Crippen MR) is 106 cm³/mol. The van der Waals surface area contributed by atoms with Gasteiger partial charge in [0.15, 0.2) is 0 Å². The number of rotatable bonds is 10. The maximum absolute atomic E-state index is 12.6. The molecule has 1 unspecified atom stereocenters. The van der Waals surface area contributed by atoms with Crippen molar-refractivity contribution in [3.63, 3.8) is 0 Å². The Bertz CT molecular complexity index is 678. The quantitative estimate of drug-likeness (QED) is 0.473. The van der Waals surface area contributed by atoms with Gasteiger partial charge in [0.2, 0.25) is 5.91 Å². The molecule has 2 rings (SSSR count). The highest BCUT2D eigenvalue weighted by atomic mass is 35.5. The molecule has 0 saturated carbocycles. The number of urea groups is 1. The van der Waals surface area contributed by atoms with Crippen LogP contribution in [0.25, 0.3) is 0 Å². The standard InChI is InChI=1S/C20H28ClN3O3/c1-3-4-5-6-12-20(2)18(26)24(19(27)23-20)14-17(25)22-13-11-15-7-9-16(21)10-8-15/h7-10H,3-6,11-14H2,1-2H3,(H,22,25)(H,23,27). The zero-order valence-corrected chi connectivity index (χ0v) is 16.8. The van der Waals surface area contributed by atoms with Crippen LogP contribution < -0.4 is 10.6 Å². The molecular formula is C20H28ClN3O3. The molecule has 1 atom stereocenters. The Morgan fingerprint density at radius 3 is 2.56 bits per heavy atom. The van der Waals surface area contributed by atoms with Gasteiger partial charge < -0.3 is 10.6 Å². The molecule has 1 aromatic rings. The van der Waals surface area contributed by atoms with E-state index < -0.39 is 11.6 Å². The second-order valence-corrected chi connectivity index (χ2v) is 7.63. The summed E-state index contributed by atoms with van der Waals surface area (Å²) in [5, 5.41) is 6.17. The summed E-state index contributed by atoms with van der Waals surface area (Å²) in [6.45, 7) is 4.03. The Morgan fingerprint density at radius 1 is 1.19 bits per heavy atom. The molecule has 7 heteroatoms. The number of hydrogen-bond donors (Lipinski definition) is 2. The summed E-state index contributed by atoms with van der Waals surface area (Å²) >= 11 is 5.84. The molecule has 27 heavy (non-hydrogen) atoms. The van der Waals surface area contributed by atoms with Crippen molar-refractivity contribution in [2.75, 3.05) is 13.1 Å². The van der Waals surface area contributed by atoms with Gasteiger partial charge >= 0.3 is 6.03 Å². The van der Waals surface area contributed by atoms with Gasteiger partial charge in [0.05, 0.1) is 0 Å². The fourth-order valence-corrected chi connectivity index (χ4v) is 3.29. The first-order valence-electron chi connectivity index (χ1n) is 9.51. The molecule has 1 heterocycles. The molecule has 0 aliphatic carbocycles. The van der Waals surface area contributed by atoms with E-state index in [1.807, 2.05) is 12.1 Å². The first kappa shape index (κ1) is 21.2. The van der Waals surface area contributed by atoms with Gasteiger partial charge in [-0.15, -0.1) is 0 Å². The van der Waals surface area contributed by atoms with E-state index in [4.69, 9.17) is 11.6 Å². The Morgan fingerprint density at radius 2 is 1.89 bits per heavy atom. The molecule has 1 saturated heterocycles. The number of carbonyl (C=O) groups excluding carboxylic acids is 3. The van der Waals surface area contributed by atoms with Gasteiger partial charge in [-0.2, -0.15) is 0 Å². The molecule has 1 fully saturated rings. The first-order valence-corrected chi connectivity index (χ1v) is 9.89. The first-order chi connectivity index (χ1) is 12.9. The lowest BCUT2D eigenvalue weighted by Crippen LogP contribution is -2.45. The molecule has 2 N–H and O–H groups in total. The van der Waals surface area contributed by atoms with E-state index in [1.54, 1.807) is 19.1 Å². The van der Waals surface area contributed by atoms with Crippen molar-refractivity contribution in [1.29, 1.82) is 0 Å². The zero-order valence-electron chi connectivity index (χ0n) is 16.0. The van der Waals surface area contributed by atoms with Crippen molar-refractivity contribution >= 4 is 29.4 Å². The minimum atomic E-state index is -0.908. The van der Waals surface area contributed by atoms with Gasteiger partial charge in [0.1, 0.15) is 12.1 Å². The zero-order chi connectivity index (χ0) is 19.9. The maximum atomic E-state index is 12.6. The van der Waals surface area contributed by atoms with E-state index in [2.05, 4.69) is 17.6 Å². The number of nitrogens with one attached hydrogen (secondary N) is 2. The van der Waals surface area contributed by atoms with Gasteiger partial charge in [-0.3, -0.25) is 14.5 Å². The molecule has 0 spiro atoms. The van der Waals surface area contributed by atoms with Crippen LogP contribution in [0.2, 0.25) is 5.02 Å². The van der Waals surface area contributed by atoms with Crippen LogP contribution in [0.4, 0.5) is 4.79 Å². The lowest BCUT2D eigenvalue weighted by molar-refractivity contribution is -0.134. The van der Waals surface area contributed by atoms with Gasteiger partial charge in [-0.25, -0.2) is 4.79 Å². The molecule has 0 bridgehead atoms. The van der Waals surface area contributed by atoms with Gasteiger partial charge in [-0.1, -0.05) is 56.3 Å². The number of imide groups is 1. The topological polar surface area (TPSA) is 78.5 Å². The molecule has 1 aromatic carbocycles. The second-order valence-electron chi connectivity index (χ2n) is 7.19. The average Bonchev–Trinajstić information content (AvgIpc) is 2.84.